The molecule has 1 N–H and O–H groups in total. The second-order valence-electron chi connectivity index (χ2n) is 7.25. The van der Waals surface area contributed by atoms with Crippen molar-refractivity contribution < 1.29 is 9.90 Å². The van der Waals surface area contributed by atoms with Crippen molar-refractivity contribution in [2.75, 3.05) is 0 Å². The normalized spacial score (nSPS) is 36.0. The number of carboxylic acid groups (broad SMARTS) is 1. The molecule has 2 aliphatic carbocycles. The molecule has 3 rings (SSSR count). The van der Waals surface area contributed by atoms with Crippen LogP contribution in [0.5, 0.6) is 0 Å². The monoisotopic (exact) mass is 286 g/mol. The highest BCUT2D eigenvalue weighted by Crippen LogP contribution is 2.50. The molecule has 0 heterocycles. The van der Waals surface area contributed by atoms with E-state index in [9.17, 15) is 9.90 Å². The summed E-state index contributed by atoms with van der Waals surface area (Å²) in [6.07, 6.45) is 6.13. The Hall–Kier alpha value is -1.31. The topological polar surface area (TPSA) is 37.3 Å². The Morgan fingerprint density at radius 3 is 2.67 bits per heavy atom. The lowest BCUT2D eigenvalue weighted by molar-refractivity contribution is -0.148. The van der Waals surface area contributed by atoms with Crippen molar-refractivity contribution in [2.45, 2.75) is 57.8 Å². The summed E-state index contributed by atoms with van der Waals surface area (Å²) >= 11 is 0. The van der Waals surface area contributed by atoms with E-state index in [4.69, 9.17) is 0 Å². The second kappa shape index (κ2) is 5.47. The molecule has 4 unspecified atom stereocenters. The van der Waals surface area contributed by atoms with Crippen molar-refractivity contribution in [1.29, 1.82) is 0 Å². The number of hydrogen-bond acceptors (Lipinski definition) is 1. The third kappa shape index (κ3) is 2.29. The average molecular weight is 286 g/mol. The average Bonchev–Trinajstić information content (AvgIpc) is 2.49. The van der Waals surface area contributed by atoms with E-state index in [0.29, 0.717) is 11.8 Å². The summed E-state index contributed by atoms with van der Waals surface area (Å²) in [7, 11) is 0. The zero-order valence-electron chi connectivity index (χ0n) is 13.1. The molecular weight excluding hydrogens is 260 g/mol. The van der Waals surface area contributed by atoms with E-state index >= 15 is 0 Å². The van der Waals surface area contributed by atoms with Crippen LogP contribution < -0.4 is 0 Å². The minimum atomic E-state index is -0.636. The lowest BCUT2D eigenvalue weighted by Crippen LogP contribution is -2.47. The molecule has 2 nitrogen and oxygen atoms in total. The molecule has 1 aromatic carbocycles. The fourth-order valence-electron chi connectivity index (χ4n) is 4.68. The number of benzene rings is 1. The minimum Gasteiger partial charge on any atom is -0.481 e. The van der Waals surface area contributed by atoms with Crippen LogP contribution in [-0.2, 0) is 16.6 Å². The molecule has 4 atom stereocenters. The Bertz CT molecular complexity index is 536. The van der Waals surface area contributed by atoms with E-state index in [1.165, 1.54) is 12.0 Å². The van der Waals surface area contributed by atoms with Crippen LogP contribution in [0.1, 0.15) is 57.1 Å². The van der Waals surface area contributed by atoms with E-state index in [1.54, 1.807) is 0 Å². The molecule has 0 bridgehead atoms. The molecule has 0 saturated heterocycles. The summed E-state index contributed by atoms with van der Waals surface area (Å²) in [5.74, 6) is 1.06. The molecule has 1 aromatic rings. The lowest BCUT2D eigenvalue weighted by atomic mass is 9.57. The molecule has 2 heteroatoms. The maximum Gasteiger partial charge on any atom is 0.314 e. The zero-order chi connectivity index (χ0) is 15.0. The highest BCUT2D eigenvalue weighted by Gasteiger charge is 2.50. The Labute approximate surface area is 127 Å². The Kier molecular flexibility index (Phi) is 3.81. The van der Waals surface area contributed by atoms with Gasteiger partial charge >= 0.3 is 5.97 Å². The summed E-state index contributed by atoms with van der Waals surface area (Å²) in [6.45, 7) is 4.60. The van der Waals surface area contributed by atoms with Gasteiger partial charge in [-0.2, -0.15) is 0 Å². The van der Waals surface area contributed by atoms with Crippen LogP contribution in [0.15, 0.2) is 24.3 Å². The highest BCUT2D eigenvalue weighted by molar-refractivity contribution is 5.83. The van der Waals surface area contributed by atoms with E-state index < -0.39 is 11.4 Å². The first kappa shape index (κ1) is 14.6. The minimum absolute atomic E-state index is 0.294. The summed E-state index contributed by atoms with van der Waals surface area (Å²) in [5.41, 5.74) is 1.73. The van der Waals surface area contributed by atoms with Crippen molar-refractivity contribution >= 4 is 5.97 Å². The molecule has 0 amide bonds. The van der Waals surface area contributed by atoms with Crippen LogP contribution in [0.25, 0.3) is 0 Å². The van der Waals surface area contributed by atoms with Crippen LogP contribution in [0.4, 0.5) is 0 Å². The van der Waals surface area contributed by atoms with Crippen molar-refractivity contribution in [3.8, 4) is 0 Å². The fraction of sp³-hybridized carbons (Fsp3) is 0.632. The van der Waals surface area contributed by atoms with Gasteiger partial charge in [0.2, 0.25) is 0 Å². The van der Waals surface area contributed by atoms with E-state index in [-0.39, 0.29) is 0 Å². The predicted octanol–water partition coefficient (Wildman–Crippen LogP) is 4.42. The molecule has 1 saturated carbocycles. The third-order valence-corrected chi connectivity index (χ3v) is 6.19. The smallest absolute Gasteiger partial charge is 0.314 e. The number of carbonyl (C=O) groups is 1. The van der Waals surface area contributed by atoms with Gasteiger partial charge in [-0.25, -0.2) is 0 Å². The van der Waals surface area contributed by atoms with Gasteiger partial charge in [-0.15, -0.1) is 0 Å². The maximum atomic E-state index is 12.3. The van der Waals surface area contributed by atoms with Gasteiger partial charge in [-0.3, -0.25) is 4.79 Å². The van der Waals surface area contributed by atoms with Crippen LogP contribution in [0, 0.1) is 17.8 Å². The van der Waals surface area contributed by atoms with Crippen LogP contribution in [0.2, 0.25) is 0 Å². The van der Waals surface area contributed by atoms with Crippen molar-refractivity contribution in [3.05, 3.63) is 35.4 Å². The Morgan fingerprint density at radius 1 is 1.19 bits per heavy atom. The highest BCUT2D eigenvalue weighted by atomic mass is 16.4. The van der Waals surface area contributed by atoms with Gasteiger partial charge in [-0.1, -0.05) is 44.5 Å². The number of fused-ring (bicyclic) bond motifs is 1. The largest absolute Gasteiger partial charge is 0.481 e. The van der Waals surface area contributed by atoms with Gasteiger partial charge in [0.1, 0.15) is 0 Å². The predicted molar refractivity (Wildman–Crippen MR) is 84.4 cm³/mol. The number of carboxylic acids is 1. The Morgan fingerprint density at radius 2 is 1.95 bits per heavy atom. The molecule has 0 aromatic heterocycles. The first-order valence-corrected chi connectivity index (χ1v) is 8.37. The quantitative estimate of drug-likeness (QED) is 0.874. The maximum absolute atomic E-state index is 12.3. The van der Waals surface area contributed by atoms with Crippen LogP contribution in [0.3, 0.4) is 0 Å². The summed E-state index contributed by atoms with van der Waals surface area (Å²) in [6, 6.07) is 8.26. The summed E-state index contributed by atoms with van der Waals surface area (Å²) < 4.78 is 0. The SMILES string of the molecule is CC1CCC(C2(C(=O)O)CCCc3ccccc32)CC1C. The molecule has 2 aliphatic rings. The molecule has 21 heavy (non-hydrogen) atoms. The molecule has 1 fully saturated rings. The van der Waals surface area contributed by atoms with E-state index in [1.807, 2.05) is 12.1 Å². The van der Waals surface area contributed by atoms with Gasteiger partial charge < -0.3 is 5.11 Å². The number of hydrogen-bond donors (Lipinski definition) is 1. The lowest BCUT2D eigenvalue weighted by Gasteiger charge is -2.46. The molecule has 0 radical (unpaired) electrons. The number of rotatable bonds is 2. The van der Waals surface area contributed by atoms with E-state index in [0.717, 1.165) is 43.6 Å². The molecule has 114 valence electrons. The van der Waals surface area contributed by atoms with Gasteiger partial charge in [0.05, 0.1) is 5.41 Å². The van der Waals surface area contributed by atoms with Gasteiger partial charge in [-0.05, 0) is 61.0 Å². The van der Waals surface area contributed by atoms with Crippen molar-refractivity contribution in [2.24, 2.45) is 17.8 Å². The van der Waals surface area contributed by atoms with Crippen molar-refractivity contribution in [3.63, 3.8) is 0 Å². The summed E-state index contributed by atoms with van der Waals surface area (Å²) in [4.78, 5) is 12.3. The standard InChI is InChI=1S/C19H26O2/c1-13-9-10-16(12-14(13)2)19(18(20)21)11-5-7-15-6-3-4-8-17(15)19/h3-4,6,8,13-14,16H,5,7,9-12H2,1-2H3,(H,20,21). The van der Waals surface area contributed by atoms with Crippen molar-refractivity contribution in [1.82, 2.24) is 0 Å². The first-order valence-electron chi connectivity index (χ1n) is 8.37. The molecule has 0 aliphatic heterocycles. The number of aliphatic carboxylic acids is 1. The third-order valence-electron chi connectivity index (χ3n) is 6.19. The zero-order valence-corrected chi connectivity index (χ0v) is 13.1. The number of aryl methyl sites for hydroxylation is 1. The fourth-order valence-corrected chi connectivity index (χ4v) is 4.68. The second-order valence-corrected chi connectivity index (χ2v) is 7.25. The molecule has 0 spiro atoms. The van der Waals surface area contributed by atoms with Crippen LogP contribution >= 0.6 is 0 Å². The van der Waals surface area contributed by atoms with Gasteiger partial charge in [0.15, 0.2) is 0 Å². The summed E-state index contributed by atoms with van der Waals surface area (Å²) in [5, 5.41) is 10.1. The van der Waals surface area contributed by atoms with Gasteiger partial charge in [0, 0.05) is 0 Å². The van der Waals surface area contributed by atoms with Crippen LogP contribution in [-0.4, -0.2) is 11.1 Å². The Balaban J connectivity index is 2.04. The molecular formula is C19H26O2. The van der Waals surface area contributed by atoms with E-state index in [2.05, 4.69) is 26.0 Å². The van der Waals surface area contributed by atoms with Gasteiger partial charge in [0.25, 0.3) is 0 Å². The first-order chi connectivity index (χ1) is 10.1.